The molecule has 4 heteroatoms. The minimum absolute atomic E-state index is 0.222. The van der Waals surface area contributed by atoms with Crippen molar-refractivity contribution in [2.75, 3.05) is 0 Å². The van der Waals surface area contributed by atoms with Gasteiger partial charge in [0, 0.05) is 24.3 Å². The van der Waals surface area contributed by atoms with E-state index in [-0.39, 0.29) is 5.75 Å². The summed E-state index contributed by atoms with van der Waals surface area (Å²) in [4.78, 5) is 10.4. The second kappa shape index (κ2) is 15.1. The maximum absolute atomic E-state index is 11.7. The number of hydrogen-bond acceptors (Lipinski definition) is 3. The molecule has 0 spiro atoms. The molecule has 0 saturated heterocycles. The van der Waals surface area contributed by atoms with Gasteiger partial charge < -0.3 is 5.11 Å². The number of aryl methyl sites for hydroxylation is 3. The third-order valence-corrected chi connectivity index (χ3v) is 11.1. The van der Waals surface area contributed by atoms with Crippen molar-refractivity contribution in [1.82, 2.24) is 14.5 Å². The molecule has 0 aliphatic heterocycles. The monoisotopic (exact) mass is 752 g/mol. The SMILES string of the molecule is [2H]C(C)(C)c1ccc(-c2ccnc(-c3cc(-c4ccccc4)cc(-c4cccc5c4nc(-c4cc(C)cc(C)c4O)n5-c4ccc(C)cc4-c4ccccc4)c3)c2)cc1. The maximum atomic E-state index is 11.7. The van der Waals surface area contributed by atoms with E-state index in [4.69, 9.17) is 11.3 Å². The fraction of sp³-hybridized carbons (Fsp3) is 0.111. The summed E-state index contributed by atoms with van der Waals surface area (Å²) >= 11 is 0. The van der Waals surface area contributed by atoms with Gasteiger partial charge in [0.1, 0.15) is 11.6 Å². The van der Waals surface area contributed by atoms with E-state index in [1.165, 1.54) is 0 Å². The van der Waals surface area contributed by atoms with Crippen LogP contribution in [0.1, 0.15) is 43.4 Å². The largest absolute Gasteiger partial charge is 0.507 e. The highest BCUT2D eigenvalue weighted by molar-refractivity contribution is 5.98. The fourth-order valence-electron chi connectivity index (χ4n) is 8.07. The summed E-state index contributed by atoms with van der Waals surface area (Å²) in [5.41, 5.74) is 17.7. The molecule has 0 amide bonds. The topological polar surface area (TPSA) is 50.9 Å². The average Bonchev–Trinajstić information content (AvgIpc) is 3.64. The Labute approximate surface area is 342 Å². The molecule has 7 aromatic carbocycles. The zero-order chi connectivity index (χ0) is 40.8. The number of phenols is 1. The summed E-state index contributed by atoms with van der Waals surface area (Å²) < 4.78 is 10.7. The Bertz CT molecular complexity index is 3000. The van der Waals surface area contributed by atoms with Gasteiger partial charge >= 0.3 is 0 Å². The number of para-hydroxylation sites is 1. The van der Waals surface area contributed by atoms with Gasteiger partial charge in [-0.1, -0.05) is 129 Å². The van der Waals surface area contributed by atoms with E-state index in [9.17, 15) is 5.11 Å². The van der Waals surface area contributed by atoms with Crippen LogP contribution in [0.5, 0.6) is 5.75 Å². The van der Waals surface area contributed by atoms with Gasteiger partial charge in [0.2, 0.25) is 0 Å². The van der Waals surface area contributed by atoms with E-state index in [0.29, 0.717) is 11.4 Å². The molecule has 0 aliphatic rings. The maximum Gasteiger partial charge on any atom is 0.149 e. The van der Waals surface area contributed by atoms with Gasteiger partial charge in [-0.2, -0.15) is 0 Å². The van der Waals surface area contributed by atoms with Crippen molar-refractivity contribution >= 4 is 11.0 Å². The molecule has 9 rings (SSSR count). The van der Waals surface area contributed by atoms with Gasteiger partial charge in [0.15, 0.2) is 0 Å². The summed E-state index contributed by atoms with van der Waals surface area (Å²) in [7, 11) is 0. The first-order chi connectivity index (χ1) is 28.5. The fourth-order valence-corrected chi connectivity index (χ4v) is 8.07. The van der Waals surface area contributed by atoms with Crippen LogP contribution in [-0.4, -0.2) is 19.6 Å². The molecule has 0 aliphatic carbocycles. The number of benzene rings is 7. The lowest BCUT2D eigenvalue weighted by Crippen LogP contribution is -2.01. The van der Waals surface area contributed by atoms with Crippen LogP contribution in [0.2, 0.25) is 0 Å². The van der Waals surface area contributed by atoms with Gasteiger partial charge in [0.25, 0.3) is 0 Å². The van der Waals surface area contributed by atoms with E-state index in [0.717, 1.165) is 94.7 Å². The van der Waals surface area contributed by atoms with Crippen LogP contribution in [-0.2, 0) is 0 Å². The first kappa shape index (κ1) is 35.4. The van der Waals surface area contributed by atoms with Gasteiger partial charge in [-0.15, -0.1) is 0 Å². The van der Waals surface area contributed by atoms with Crippen molar-refractivity contribution < 1.29 is 6.48 Å². The van der Waals surface area contributed by atoms with Crippen LogP contribution in [0, 0.1) is 20.8 Å². The minimum atomic E-state index is -0.667. The van der Waals surface area contributed by atoms with Crippen LogP contribution in [0.3, 0.4) is 0 Å². The molecular weight excluding hydrogens is 707 g/mol. The van der Waals surface area contributed by atoms with E-state index in [1.54, 1.807) is 0 Å². The summed E-state index contributed by atoms with van der Waals surface area (Å²) in [6, 6.07) is 57.0. The molecule has 0 atom stereocenters. The number of aromatic hydroxyl groups is 1. The Balaban J connectivity index is 1.28. The first-order valence-electron chi connectivity index (χ1n) is 20.3. The van der Waals surface area contributed by atoms with E-state index in [2.05, 4.69) is 140 Å². The predicted molar refractivity (Wildman–Crippen MR) is 241 cm³/mol. The Kier molecular flexibility index (Phi) is 9.23. The lowest BCUT2D eigenvalue weighted by molar-refractivity contribution is 0.472. The molecule has 58 heavy (non-hydrogen) atoms. The highest BCUT2D eigenvalue weighted by atomic mass is 16.3. The molecule has 2 aromatic heterocycles. The normalized spacial score (nSPS) is 11.8. The number of nitrogens with zero attached hydrogens (tertiary/aromatic N) is 3. The molecule has 0 saturated carbocycles. The smallest absolute Gasteiger partial charge is 0.149 e. The Morgan fingerprint density at radius 2 is 1.21 bits per heavy atom. The van der Waals surface area contributed by atoms with Crippen LogP contribution >= 0.6 is 0 Å². The molecular formula is C54H45N3O. The van der Waals surface area contributed by atoms with Crippen molar-refractivity contribution in [1.29, 1.82) is 0 Å². The number of aromatic nitrogens is 3. The molecule has 1 N–H and O–H groups in total. The zero-order valence-corrected chi connectivity index (χ0v) is 33.5. The number of phenolic OH excluding ortho intramolecular Hbond substituents is 1. The van der Waals surface area contributed by atoms with Crippen molar-refractivity contribution in [2.45, 2.75) is 40.5 Å². The summed E-state index contributed by atoms with van der Waals surface area (Å²) in [6.45, 7) is 9.94. The second-order valence-electron chi connectivity index (χ2n) is 15.5. The molecule has 9 aromatic rings. The summed E-state index contributed by atoms with van der Waals surface area (Å²) in [6.07, 6.45) is 1.87. The molecule has 0 unspecified atom stereocenters. The average molecular weight is 753 g/mol. The van der Waals surface area contributed by atoms with E-state index in [1.807, 2.05) is 69.4 Å². The quantitative estimate of drug-likeness (QED) is 0.168. The van der Waals surface area contributed by atoms with Crippen LogP contribution in [0.15, 0.2) is 170 Å². The van der Waals surface area contributed by atoms with Crippen molar-refractivity contribution in [3.63, 3.8) is 0 Å². The summed E-state index contributed by atoms with van der Waals surface area (Å²) in [5, 5.41) is 11.7. The number of imidazole rings is 1. The van der Waals surface area contributed by atoms with E-state index >= 15 is 0 Å². The van der Waals surface area contributed by atoms with Gasteiger partial charge in [0.05, 0.1) is 28.0 Å². The number of pyridine rings is 1. The zero-order valence-electron chi connectivity index (χ0n) is 34.5. The first-order valence-corrected chi connectivity index (χ1v) is 19.8. The van der Waals surface area contributed by atoms with Crippen LogP contribution in [0.4, 0.5) is 0 Å². The highest BCUT2D eigenvalue weighted by Gasteiger charge is 2.23. The molecule has 0 bridgehead atoms. The van der Waals surface area contributed by atoms with Gasteiger partial charge in [-0.05, 0) is 131 Å². The third kappa shape index (κ3) is 6.88. The number of hydrogen-bond donors (Lipinski definition) is 1. The van der Waals surface area contributed by atoms with Crippen LogP contribution < -0.4 is 0 Å². The molecule has 4 nitrogen and oxygen atoms in total. The Morgan fingerprint density at radius 3 is 1.95 bits per heavy atom. The Hall–Kier alpha value is -7.04. The molecule has 0 fully saturated rings. The lowest BCUT2D eigenvalue weighted by atomic mass is 9.93. The molecule has 2 heterocycles. The van der Waals surface area contributed by atoms with Gasteiger partial charge in [-0.3, -0.25) is 9.55 Å². The Morgan fingerprint density at radius 1 is 0.534 bits per heavy atom. The standard InChI is InChI=1S/C54H45N3O/c1-34(2)38-20-22-40(23-21-38)42-25-26-55-49(33-42)45-31-43(39-13-8-6-9-14-39)30-44(32-45)46-17-12-18-51-52(46)56-54(48-29-36(4)27-37(5)53(48)58)57(51)50-24-19-35(3)28-47(50)41-15-10-7-11-16-41/h6-34,58H,1-5H3/i34D. The van der Waals surface area contributed by atoms with Crippen molar-refractivity contribution in [3.8, 4) is 78.6 Å². The second-order valence-corrected chi connectivity index (χ2v) is 15.5. The highest BCUT2D eigenvalue weighted by Crippen LogP contribution is 2.42. The van der Waals surface area contributed by atoms with E-state index < -0.39 is 5.89 Å². The van der Waals surface area contributed by atoms with Crippen LogP contribution in [0.25, 0.3) is 83.9 Å². The minimum Gasteiger partial charge on any atom is -0.507 e. The van der Waals surface area contributed by atoms with Crippen molar-refractivity contribution in [3.05, 3.63) is 192 Å². The third-order valence-electron chi connectivity index (χ3n) is 11.1. The molecule has 0 radical (unpaired) electrons. The lowest BCUT2D eigenvalue weighted by Gasteiger charge is -2.17. The van der Waals surface area contributed by atoms with Crippen molar-refractivity contribution in [2.24, 2.45) is 0 Å². The predicted octanol–water partition coefficient (Wildman–Crippen LogP) is 14.2. The number of fused-ring (bicyclic) bond motifs is 1. The van der Waals surface area contributed by atoms with Gasteiger partial charge in [-0.25, -0.2) is 4.98 Å². The summed E-state index contributed by atoms with van der Waals surface area (Å²) in [5.74, 6) is 0.227. The molecule has 282 valence electrons. The number of rotatable bonds is 8.